The molecule has 0 bridgehead atoms. The maximum absolute atomic E-state index is 4.26. The van der Waals surface area contributed by atoms with Crippen molar-refractivity contribution >= 4 is 5.82 Å². The molecule has 0 saturated carbocycles. The molecule has 0 amide bonds. The van der Waals surface area contributed by atoms with Crippen LogP contribution in [-0.2, 0) is 7.05 Å². The highest BCUT2D eigenvalue weighted by Gasteiger charge is 2.13. The van der Waals surface area contributed by atoms with Crippen molar-refractivity contribution in [2.75, 3.05) is 25.0 Å². The summed E-state index contributed by atoms with van der Waals surface area (Å²) in [6.45, 7) is 3.40. The molecule has 0 radical (unpaired) electrons. The number of anilines is 1. The van der Waals surface area contributed by atoms with E-state index >= 15 is 0 Å². The van der Waals surface area contributed by atoms with Gasteiger partial charge < -0.3 is 10.6 Å². The topological polar surface area (TPSA) is 41.9 Å². The third kappa shape index (κ3) is 2.48. The molecule has 1 atom stereocenters. The van der Waals surface area contributed by atoms with Gasteiger partial charge in [0.05, 0.1) is 0 Å². The average molecular weight is 194 g/mol. The molecule has 0 aromatic carbocycles. The molecule has 1 aliphatic rings. The molecule has 1 unspecified atom stereocenters. The van der Waals surface area contributed by atoms with E-state index in [9.17, 15) is 0 Å². The summed E-state index contributed by atoms with van der Waals surface area (Å²) in [5.74, 6) is 1.84. The van der Waals surface area contributed by atoms with E-state index in [1.165, 1.54) is 25.9 Å². The molecule has 14 heavy (non-hydrogen) atoms. The summed E-state index contributed by atoms with van der Waals surface area (Å²) in [5.41, 5.74) is 0. The van der Waals surface area contributed by atoms with Gasteiger partial charge in [0.15, 0.2) is 0 Å². The van der Waals surface area contributed by atoms with Crippen molar-refractivity contribution in [1.29, 1.82) is 0 Å². The van der Waals surface area contributed by atoms with Crippen LogP contribution in [0.25, 0.3) is 0 Å². The summed E-state index contributed by atoms with van der Waals surface area (Å²) in [6, 6.07) is 2.01. The Morgan fingerprint density at radius 1 is 1.71 bits per heavy atom. The minimum atomic E-state index is 0.853. The molecule has 1 saturated heterocycles. The van der Waals surface area contributed by atoms with E-state index in [2.05, 4.69) is 15.7 Å². The molecule has 1 aromatic rings. The fourth-order valence-corrected chi connectivity index (χ4v) is 1.87. The van der Waals surface area contributed by atoms with Gasteiger partial charge in [0, 0.05) is 25.9 Å². The van der Waals surface area contributed by atoms with Crippen LogP contribution in [0.3, 0.4) is 0 Å². The number of hydrogen-bond donors (Lipinski definition) is 2. The molecular weight excluding hydrogens is 176 g/mol. The lowest BCUT2D eigenvalue weighted by Crippen LogP contribution is -2.13. The molecular formula is C10H18N4. The van der Waals surface area contributed by atoms with Crippen LogP contribution in [0.15, 0.2) is 12.3 Å². The lowest BCUT2D eigenvalue weighted by molar-refractivity contribution is 0.548. The molecule has 0 spiro atoms. The Kier molecular flexibility index (Phi) is 3.03. The Labute approximate surface area is 84.7 Å². The van der Waals surface area contributed by atoms with Crippen LogP contribution in [0.4, 0.5) is 5.82 Å². The predicted molar refractivity (Wildman–Crippen MR) is 57.3 cm³/mol. The van der Waals surface area contributed by atoms with Crippen molar-refractivity contribution < 1.29 is 0 Å². The molecule has 4 heteroatoms. The van der Waals surface area contributed by atoms with E-state index in [0.717, 1.165) is 18.3 Å². The Balaban J connectivity index is 1.67. The van der Waals surface area contributed by atoms with E-state index in [-0.39, 0.29) is 0 Å². The molecule has 4 nitrogen and oxygen atoms in total. The average Bonchev–Trinajstić information content (AvgIpc) is 2.77. The first-order chi connectivity index (χ1) is 6.84. The van der Waals surface area contributed by atoms with E-state index in [4.69, 9.17) is 0 Å². The first-order valence-corrected chi connectivity index (χ1v) is 5.29. The smallest absolute Gasteiger partial charge is 0.147 e. The lowest BCUT2D eigenvalue weighted by Gasteiger charge is -2.08. The first kappa shape index (κ1) is 9.52. The number of aromatic nitrogens is 2. The van der Waals surface area contributed by atoms with Crippen molar-refractivity contribution in [3.63, 3.8) is 0 Å². The predicted octanol–water partition coefficient (Wildman–Crippen LogP) is 0.832. The Bertz CT molecular complexity index is 275. The number of nitrogens with one attached hydrogen (secondary N) is 2. The van der Waals surface area contributed by atoms with Gasteiger partial charge in [-0.15, -0.1) is 0 Å². The summed E-state index contributed by atoms with van der Waals surface area (Å²) in [4.78, 5) is 0. The fourth-order valence-electron chi connectivity index (χ4n) is 1.87. The molecule has 1 aromatic heterocycles. The third-order valence-electron chi connectivity index (χ3n) is 2.73. The van der Waals surface area contributed by atoms with Gasteiger partial charge in [-0.05, 0) is 31.8 Å². The standard InChI is InChI=1S/C10H18N4/c1-14-7-4-10(13-14)12-6-3-9-2-5-11-8-9/h4,7,9,11H,2-3,5-6,8H2,1H3,(H,12,13). The summed E-state index contributed by atoms with van der Waals surface area (Å²) in [7, 11) is 1.94. The number of hydrogen-bond acceptors (Lipinski definition) is 3. The van der Waals surface area contributed by atoms with Crippen LogP contribution >= 0.6 is 0 Å². The van der Waals surface area contributed by atoms with Gasteiger partial charge in [0.25, 0.3) is 0 Å². The van der Waals surface area contributed by atoms with Crippen LogP contribution < -0.4 is 10.6 Å². The van der Waals surface area contributed by atoms with Gasteiger partial charge >= 0.3 is 0 Å². The molecule has 1 aliphatic heterocycles. The molecule has 2 heterocycles. The third-order valence-corrected chi connectivity index (χ3v) is 2.73. The van der Waals surface area contributed by atoms with E-state index in [1.807, 2.05) is 24.0 Å². The van der Waals surface area contributed by atoms with Crippen LogP contribution in [0, 0.1) is 5.92 Å². The highest BCUT2D eigenvalue weighted by molar-refractivity contribution is 5.31. The second kappa shape index (κ2) is 4.46. The molecule has 1 fully saturated rings. The maximum atomic E-state index is 4.26. The zero-order valence-electron chi connectivity index (χ0n) is 8.66. The normalized spacial score (nSPS) is 21.4. The van der Waals surface area contributed by atoms with Gasteiger partial charge in [-0.3, -0.25) is 4.68 Å². The van der Waals surface area contributed by atoms with Gasteiger partial charge in [-0.2, -0.15) is 5.10 Å². The first-order valence-electron chi connectivity index (χ1n) is 5.29. The van der Waals surface area contributed by atoms with Crippen molar-refractivity contribution in [2.24, 2.45) is 13.0 Å². The largest absolute Gasteiger partial charge is 0.369 e. The minimum absolute atomic E-state index is 0.853. The van der Waals surface area contributed by atoms with Crippen LogP contribution in [0.5, 0.6) is 0 Å². The Morgan fingerprint density at radius 2 is 2.64 bits per heavy atom. The van der Waals surface area contributed by atoms with Crippen molar-refractivity contribution in [2.45, 2.75) is 12.8 Å². The van der Waals surface area contributed by atoms with Crippen LogP contribution in [0.2, 0.25) is 0 Å². The SMILES string of the molecule is Cn1ccc(NCCC2CCNC2)n1. The number of nitrogens with zero attached hydrogens (tertiary/aromatic N) is 2. The monoisotopic (exact) mass is 194 g/mol. The minimum Gasteiger partial charge on any atom is -0.369 e. The summed E-state index contributed by atoms with van der Waals surface area (Å²) in [5, 5.41) is 11.0. The van der Waals surface area contributed by atoms with Gasteiger partial charge in [-0.1, -0.05) is 0 Å². The van der Waals surface area contributed by atoms with E-state index < -0.39 is 0 Å². The summed E-state index contributed by atoms with van der Waals surface area (Å²) in [6.07, 6.45) is 4.52. The summed E-state index contributed by atoms with van der Waals surface area (Å²) < 4.78 is 1.82. The van der Waals surface area contributed by atoms with Crippen LogP contribution in [-0.4, -0.2) is 29.4 Å². The van der Waals surface area contributed by atoms with E-state index in [0.29, 0.717) is 0 Å². The van der Waals surface area contributed by atoms with Crippen molar-refractivity contribution in [1.82, 2.24) is 15.1 Å². The Morgan fingerprint density at radius 3 is 3.29 bits per heavy atom. The fraction of sp³-hybridized carbons (Fsp3) is 0.700. The van der Waals surface area contributed by atoms with Gasteiger partial charge in [0.1, 0.15) is 5.82 Å². The number of rotatable bonds is 4. The highest BCUT2D eigenvalue weighted by atomic mass is 15.3. The zero-order valence-corrected chi connectivity index (χ0v) is 8.66. The molecule has 0 aliphatic carbocycles. The zero-order chi connectivity index (χ0) is 9.80. The van der Waals surface area contributed by atoms with Gasteiger partial charge in [0.2, 0.25) is 0 Å². The van der Waals surface area contributed by atoms with Gasteiger partial charge in [-0.25, -0.2) is 0 Å². The van der Waals surface area contributed by atoms with Crippen LogP contribution in [0.1, 0.15) is 12.8 Å². The molecule has 2 rings (SSSR count). The number of aryl methyl sites for hydroxylation is 1. The molecule has 78 valence electrons. The lowest BCUT2D eigenvalue weighted by atomic mass is 10.1. The van der Waals surface area contributed by atoms with Crippen molar-refractivity contribution in [3.05, 3.63) is 12.3 Å². The Hall–Kier alpha value is -1.03. The maximum Gasteiger partial charge on any atom is 0.147 e. The quantitative estimate of drug-likeness (QED) is 0.746. The van der Waals surface area contributed by atoms with E-state index in [1.54, 1.807) is 0 Å². The summed E-state index contributed by atoms with van der Waals surface area (Å²) >= 11 is 0. The molecule has 2 N–H and O–H groups in total. The second-order valence-electron chi connectivity index (χ2n) is 3.95. The van der Waals surface area contributed by atoms with Crippen molar-refractivity contribution in [3.8, 4) is 0 Å². The second-order valence-corrected chi connectivity index (χ2v) is 3.95. The highest BCUT2D eigenvalue weighted by Crippen LogP contribution is 2.12.